The molecule has 0 saturated heterocycles. The number of rotatable bonds is 2. The number of hydrogen-bond donors (Lipinski definition) is 2. The quantitative estimate of drug-likeness (QED) is 0.692. The van der Waals surface area contributed by atoms with Crippen LogP contribution < -0.4 is 5.32 Å². The predicted molar refractivity (Wildman–Crippen MR) is 70.6 cm³/mol. The number of phenols is 1. The van der Waals surface area contributed by atoms with E-state index < -0.39 is 5.95 Å². The lowest BCUT2D eigenvalue weighted by molar-refractivity contribution is 0.476. The van der Waals surface area contributed by atoms with Crippen molar-refractivity contribution in [3.63, 3.8) is 0 Å². The maximum absolute atomic E-state index is 13.9. The molecule has 96 valence electrons. The number of nitrogens with one attached hydrogen (secondary N) is 1. The van der Waals surface area contributed by atoms with Crippen molar-refractivity contribution in [2.75, 3.05) is 12.4 Å². The van der Waals surface area contributed by atoms with Crippen molar-refractivity contribution in [2.45, 2.75) is 0 Å². The Morgan fingerprint density at radius 2 is 2.05 bits per heavy atom. The molecule has 5 heteroatoms. The number of halogens is 1. The molecule has 0 aliphatic carbocycles. The molecule has 0 amide bonds. The predicted octanol–water partition coefficient (Wildman–Crippen LogP) is 3.38. The third-order valence-corrected chi connectivity index (χ3v) is 2.87. The molecule has 0 bridgehead atoms. The third kappa shape index (κ3) is 1.99. The van der Waals surface area contributed by atoms with Crippen molar-refractivity contribution >= 4 is 16.8 Å². The van der Waals surface area contributed by atoms with Crippen molar-refractivity contribution in [3.05, 3.63) is 42.3 Å². The highest BCUT2D eigenvalue weighted by Gasteiger charge is 2.12. The first kappa shape index (κ1) is 11.5. The van der Waals surface area contributed by atoms with E-state index in [0.717, 1.165) is 0 Å². The molecule has 0 saturated carbocycles. The molecule has 0 aliphatic heterocycles. The fourth-order valence-corrected chi connectivity index (χ4v) is 1.92. The summed E-state index contributed by atoms with van der Waals surface area (Å²) in [5.74, 6) is 0.377. The lowest BCUT2D eigenvalue weighted by atomic mass is 10.2. The number of anilines is 1. The smallest absolute Gasteiger partial charge is 0.225 e. The van der Waals surface area contributed by atoms with Crippen LogP contribution in [0.2, 0.25) is 0 Å². The van der Waals surface area contributed by atoms with Gasteiger partial charge in [-0.3, -0.25) is 0 Å². The van der Waals surface area contributed by atoms with Gasteiger partial charge in [-0.05, 0) is 36.4 Å². The van der Waals surface area contributed by atoms with Gasteiger partial charge in [0.05, 0.1) is 5.56 Å². The van der Waals surface area contributed by atoms with Crippen LogP contribution in [-0.4, -0.2) is 17.1 Å². The largest absolute Gasteiger partial charge is 0.508 e. The first-order chi connectivity index (χ1) is 9.17. The van der Waals surface area contributed by atoms with E-state index in [4.69, 9.17) is 4.42 Å². The monoisotopic (exact) mass is 258 g/mol. The molecule has 0 fully saturated rings. The van der Waals surface area contributed by atoms with E-state index in [0.29, 0.717) is 22.5 Å². The summed E-state index contributed by atoms with van der Waals surface area (Å²) in [6.07, 6.45) is 0. The van der Waals surface area contributed by atoms with Crippen LogP contribution in [-0.2, 0) is 0 Å². The minimum Gasteiger partial charge on any atom is -0.508 e. The van der Waals surface area contributed by atoms with Gasteiger partial charge in [0.2, 0.25) is 5.95 Å². The summed E-state index contributed by atoms with van der Waals surface area (Å²) in [5.41, 5.74) is 0.875. The zero-order valence-electron chi connectivity index (χ0n) is 10.1. The summed E-state index contributed by atoms with van der Waals surface area (Å²) in [6.45, 7) is 0. The van der Waals surface area contributed by atoms with E-state index in [1.807, 2.05) is 0 Å². The number of aromatic nitrogens is 1. The Hall–Kier alpha value is -2.56. The second-order valence-corrected chi connectivity index (χ2v) is 4.12. The molecule has 2 N–H and O–H groups in total. The van der Waals surface area contributed by atoms with E-state index >= 15 is 0 Å². The maximum Gasteiger partial charge on any atom is 0.225 e. The highest BCUT2D eigenvalue weighted by atomic mass is 19.1. The molecule has 0 atom stereocenters. The van der Waals surface area contributed by atoms with Gasteiger partial charge in [-0.1, -0.05) is 0 Å². The summed E-state index contributed by atoms with van der Waals surface area (Å²) in [7, 11) is 1.67. The average molecular weight is 258 g/mol. The zero-order chi connectivity index (χ0) is 13.4. The Morgan fingerprint density at radius 3 is 2.79 bits per heavy atom. The Balaban J connectivity index is 2.13. The van der Waals surface area contributed by atoms with Gasteiger partial charge in [-0.15, -0.1) is 0 Å². The highest BCUT2D eigenvalue weighted by Crippen LogP contribution is 2.31. The fourth-order valence-electron chi connectivity index (χ4n) is 1.92. The van der Waals surface area contributed by atoms with Crippen molar-refractivity contribution in [3.8, 4) is 17.1 Å². The van der Waals surface area contributed by atoms with Crippen LogP contribution in [0.1, 0.15) is 0 Å². The first-order valence-corrected chi connectivity index (χ1v) is 5.74. The van der Waals surface area contributed by atoms with Gasteiger partial charge >= 0.3 is 0 Å². The lowest BCUT2D eigenvalue weighted by Gasteiger charge is -2.01. The van der Waals surface area contributed by atoms with Crippen molar-refractivity contribution in [2.24, 2.45) is 0 Å². The maximum atomic E-state index is 13.9. The molecule has 19 heavy (non-hydrogen) atoms. The second kappa shape index (κ2) is 4.28. The van der Waals surface area contributed by atoms with Crippen molar-refractivity contribution < 1.29 is 13.9 Å². The molecule has 2 heterocycles. The van der Waals surface area contributed by atoms with Gasteiger partial charge in [0, 0.05) is 12.4 Å². The van der Waals surface area contributed by atoms with Crippen molar-refractivity contribution in [1.82, 2.24) is 4.98 Å². The SMILES string of the molecule is CNc1ccc(-c2cc3cc(O)ccc3o2)c(F)n1. The number of benzene rings is 1. The minimum absolute atomic E-state index is 0.143. The van der Waals surface area contributed by atoms with Gasteiger partial charge in [-0.25, -0.2) is 4.98 Å². The molecule has 0 spiro atoms. The zero-order valence-corrected chi connectivity index (χ0v) is 10.1. The van der Waals surface area contributed by atoms with Gasteiger partial charge in [0.15, 0.2) is 0 Å². The molecule has 3 aromatic rings. The molecule has 0 aliphatic rings. The van der Waals surface area contributed by atoms with Gasteiger partial charge < -0.3 is 14.8 Å². The molecule has 4 nitrogen and oxygen atoms in total. The topological polar surface area (TPSA) is 58.3 Å². The fraction of sp³-hybridized carbons (Fsp3) is 0.0714. The van der Waals surface area contributed by atoms with Crippen LogP contribution in [0.25, 0.3) is 22.3 Å². The van der Waals surface area contributed by atoms with Gasteiger partial charge in [-0.2, -0.15) is 4.39 Å². The van der Waals surface area contributed by atoms with Gasteiger partial charge in [0.1, 0.15) is 22.9 Å². The number of hydrogen-bond acceptors (Lipinski definition) is 4. The summed E-state index contributed by atoms with van der Waals surface area (Å²) >= 11 is 0. The van der Waals surface area contributed by atoms with Crippen LogP contribution in [0.15, 0.2) is 40.8 Å². The molecule has 2 aromatic heterocycles. The summed E-state index contributed by atoms with van der Waals surface area (Å²) in [4.78, 5) is 3.77. The Morgan fingerprint density at radius 1 is 1.21 bits per heavy atom. The Kier molecular flexibility index (Phi) is 2.59. The van der Waals surface area contributed by atoms with E-state index in [2.05, 4.69) is 10.3 Å². The number of phenolic OH excluding ortho intramolecular Hbond substituents is 1. The van der Waals surface area contributed by atoms with Crippen LogP contribution in [0.4, 0.5) is 10.2 Å². The van der Waals surface area contributed by atoms with Gasteiger partial charge in [0.25, 0.3) is 0 Å². The average Bonchev–Trinajstić information content (AvgIpc) is 2.81. The van der Waals surface area contributed by atoms with E-state index in [1.54, 1.807) is 37.4 Å². The lowest BCUT2D eigenvalue weighted by Crippen LogP contribution is -1.95. The minimum atomic E-state index is -0.602. The Labute approximate surface area is 108 Å². The molecule has 0 radical (unpaired) electrons. The van der Waals surface area contributed by atoms with E-state index in [1.165, 1.54) is 6.07 Å². The number of nitrogens with zero attached hydrogens (tertiary/aromatic N) is 1. The number of fused-ring (bicyclic) bond motifs is 1. The van der Waals surface area contributed by atoms with Crippen molar-refractivity contribution in [1.29, 1.82) is 0 Å². The molecule has 1 aromatic carbocycles. The first-order valence-electron chi connectivity index (χ1n) is 5.74. The van der Waals surface area contributed by atoms with Crippen LogP contribution >= 0.6 is 0 Å². The standard InChI is InChI=1S/C14H11FN2O2/c1-16-13-5-3-10(14(15)17-13)12-7-8-6-9(18)2-4-11(8)19-12/h2-7,18H,1H3,(H,16,17). The normalized spacial score (nSPS) is 10.8. The second-order valence-electron chi connectivity index (χ2n) is 4.12. The van der Waals surface area contributed by atoms with Crippen LogP contribution in [0.5, 0.6) is 5.75 Å². The Bertz CT molecular complexity index is 752. The third-order valence-electron chi connectivity index (χ3n) is 2.87. The van der Waals surface area contributed by atoms with E-state index in [-0.39, 0.29) is 11.3 Å². The molecule has 3 rings (SSSR count). The molecular weight excluding hydrogens is 247 g/mol. The number of aromatic hydroxyl groups is 1. The summed E-state index contributed by atoms with van der Waals surface area (Å²) in [6, 6.07) is 9.68. The van der Waals surface area contributed by atoms with Crippen LogP contribution in [0.3, 0.4) is 0 Å². The molecule has 0 unspecified atom stereocenters. The molecular formula is C14H11FN2O2. The number of furan rings is 1. The summed E-state index contributed by atoms with van der Waals surface area (Å²) < 4.78 is 19.4. The number of pyridine rings is 1. The highest BCUT2D eigenvalue weighted by molar-refractivity contribution is 5.84. The van der Waals surface area contributed by atoms with Crippen LogP contribution in [0, 0.1) is 5.95 Å². The van der Waals surface area contributed by atoms with E-state index in [9.17, 15) is 9.50 Å². The summed E-state index contributed by atoms with van der Waals surface area (Å²) in [5, 5.41) is 12.9.